The van der Waals surface area contributed by atoms with Crippen LogP contribution >= 0.6 is 11.6 Å². The predicted molar refractivity (Wildman–Crippen MR) is 85.6 cm³/mol. The second-order valence-corrected chi connectivity index (χ2v) is 5.18. The minimum Gasteiger partial charge on any atom is -0.496 e. The Morgan fingerprint density at radius 2 is 1.80 bits per heavy atom. The van der Waals surface area contributed by atoms with E-state index in [9.17, 15) is 0 Å². The number of nitrogens with one attached hydrogen (secondary N) is 1. The van der Waals surface area contributed by atoms with Crippen molar-refractivity contribution in [3.63, 3.8) is 0 Å². The number of benzene rings is 2. The Hall–Kier alpha value is -1.51. The molecule has 0 aromatic heterocycles. The normalized spacial score (nSPS) is 10.6. The number of methoxy groups -OCH3 is 1. The van der Waals surface area contributed by atoms with E-state index in [1.807, 2.05) is 19.1 Å². The number of hydrogen-bond donors (Lipinski definition) is 1. The molecule has 1 N–H and O–H groups in total. The molecule has 0 saturated carbocycles. The lowest BCUT2D eigenvalue weighted by Crippen LogP contribution is -2.11. The molecule has 0 amide bonds. The molecule has 2 rings (SSSR count). The number of halogens is 1. The van der Waals surface area contributed by atoms with Crippen LogP contribution < -0.4 is 10.1 Å². The largest absolute Gasteiger partial charge is 0.496 e. The summed E-state index contributed by atoms with van der Waals surface area (Å²) in [5, 5.41) is 4.09. The van der Waals surface area contributed by atoms with Crippen LogP contribution in [-0.4, -0.2) is 13.7 Å². The third kappa shape index (κ3) is 3.33. The Morgan fingerprint density at radius 3 is 2.40 bits per heavy atom. The summed E-state index contributed by atoms with van der Waals surface area (Å²) in [6, 6.07) is 12.4. The fourth-order valence-corrected chi connectivity index (χ4v) is 2.44. The lowest BCUT2D eigenvalue weighted by molar-refractivity contribution is 0.412. The first-order valence-corrected chi connectivity index (χ1v) is 7.17. The molecule has 0 fully saturated rings. The van der Waals surface area contributed by atoms with Gasteiger partial charge in [-0.1, -0.05) is 36.7 Å². The fourth-order valence-electron chi connectivity index (χ4n) is 2.19. The average molecular weight is 290 g/mol. The number of ether oxygens (including phenoxy) is 1. The molecule has 0 radical (unpaired) electrons. The summed E-state index contributed by atoms with van der Waals surface area (Å²) in [7, 11) is 1.69. The molecule has 0 bridgehead atoms. The lowest BCUT2D eigenvalue weighted by atomic mass is 10.0. The monoisotopic (exact) mass is 289 g/mol. The Balaban J connectivity index is 2.29. The number of hydrogen-bond acceptors (Lipinski definition) is 2. The SMILES string of the molecule is CCNCc1ccc(-c2ccc(OC)c(C)c2)cc1Cl. The van der Waals surface area contributed by atoms with Crippen molar-refractivity contribution in [1.82, 2.24) is 5.32 Å². The molecule has 106 valence electrons. The molecular formula is C17H20ClNO. The van der Waals surface area contributed by atoms with Crippen LogP contribution in [0.15, 0.2) is 36.4 Å². The van der Waals surface area contributed by atoms with Gasteiger partial charge in [-0.15, -0.1) is 0 Å². The Bertz CT molecular complexity index is 596. The zero-order valence-electron chi connectivity index (χ0n) is 12.2. The van der Waals surface area contributed by atoms with E-state index in [0.29, 0.717) is 0 Å². The van der Waals surface area contributed by atoms with Gasteiger partial charge in [-0.3, -0.25) is 0 Å². The first-order valence-electron chi connectivity index (χ1n) is 6.80. The highest BCUT2D eigenvalue weighted by molar-refractivity contribution is 6.31. The van der Waals surface area contributed by atoms with Gasteiger partial charge < -0.3 is 10.1 Å². The van der Waals surface area contributed by atoms with Crippen molar-refractivity contribution in [2.24, 2.45) is 0 Å². The number of aryl methyl sites for hydroxylation is 1. The van der Waals surface area contributed by atoms with E-state index in [2.05, 4.69) is 36.5 Å². The van der Waals surface area contributed by atoms with E-state index < -0.39 is 0 Å². The van der Waals surface area contributed by atoms with Crippen molar-refractivity contribution < 1.29 is 4.74 Å². The second kappa shape index (κ2) is 6.78. The molecular weight excluding hydrogens is 270 g/mol. The summed E-state index contributed by atoms with van der Waals surface area (Å²) in [5.41, 5.74) is 4.53. The first kappa shape index (κ1) is 14.9. The summed E-state index contributed by atoms with van der Waals surface area (Å²) < 4.78 is 5.29. The van der Waals surface area contributed by atoms with Crippen LogP contribution in [0.5, 0.6) is 5.75 Å². The second-order valence-electron chi connectivity index (χ2n) is 4.77. The smallest absolute Gasteiger partial charge is 0.121 e. The van der Waals surface area contributed by atoms with Gasteiger partial charge in [-0.05, 0) is 53.9 Å². The maximum Gasteiger partial charge on any atom is 0.121 e. The summed E-state index contributed by atoms with van der Waals surface area (Å²) in [6.07, 6.45) is 0. The van der Waals surface area contributed by atoms with E-state index in [4.69, 9.17) is 16.3 Å². The van der Waals surface area contributed by atoms with Crippen LogP contribution in [0.2, 0.25) is 5.02 Å². The van der Waals surface area contributed by atoms with Crippen LogP contribution in [0, 0.1) is 6.92 Å². The molecule has 0 saturated heterocycles. The van der Waals surface area contributed by atoms with Gasteiger partial charge in [0, 0.05) is 11.6 Å². The topological polar surface area (TPSA) is 21.3 Å². The van der Waals surface area contributed by atoms with Gasteiger partial charge in [0.25, 0.3) is 0 Å². The van der Waals surface area contributed by atoms with Gasteiger partial charge in [0.15, 0.2) is 0 Å². The molecule has 0 unspecified atom stereocenters. The van der Waals surface area contributed by atoms with Crippen LogP contribution in [0.1, 0.15) is 18.1 Å². The molecule has 20 heavy (non-hydrogen) atoms. The van der Waals surface area contributed by atoms with E-state index in [-0.39, 0.29) is 0 Å². The highest BCUT2D eigenvalue weighted by Crippen LogP contribution is 2.29. The highest BCUT2D eigenvalue weighted by atomic mass is 35.5. The molecule has 2 nitrogen and oxygen atoms in total. The third-order valence-corrected chi connectivity index (χ3v) is 3.70. The summed E-state index contributed by atoms with van der Waals surface area (Å²) >= 11 is 6.35. The standard InChI is InChI=1S/C17H20ClNO/c1-4-19-11-15-6-5-14(10-16(15)18)13-7-8-17(20-3)12(2)9-13/h5-10,19H,4,11H2,1-3H3. The summed E-state index contributed by atoms with van der Waals surface area (Å²) in [5.74, 6) is 0.906. The first-order chi connectivity index (χ1) is 9.65. The van der Waals surface area contributed by atoms with Crippen LogP contribution in [-0.2, 0) is 6.54 Å². The minimum absolute atomic E-state index is 0.803. The maximum atomic E-state index is 6.35. The molecule has 2 aromatic carbocycles. The minimum atomic E-state index is 0.803. The van der Waals surface area contributed by atoms with E-state index >= 15 is 0 Å². The Kier molecular flexibility index (Phi) is 5.05. The van der Waals surface area contributed by atoms with Crippen molar-refractivity contribution >= 4 is 11.6 Å². The van der Waals surface area contributed by atoms with Gasteiger partial charge >= 0.3 is 0 Å². The maximum absolute atomic E-state index is 6.35. The molecule has 0 heterocycles. The predicted octanol–water partition coefficient (Wildman–Crippen LogP) is 4.43. The van der Waals surface area contributed by atoms with Crippen LogP contribution in [0.4, 0.5) is 0 Å². The lowest BCUT2D eigenvalue weighted by Gasteiger charge is -2.10. The average Bonchev–Trinajstić information content (AvgIpc) is 2.46. The van der Waals surface area contributed by atoms with Crippen molar-refractivity contribution in [3.05, 3.63) is 52.5 Å². The zero-order valence-corrected chi connectivity index (χ0v) is 12.9. The fraction of sp³-hybridized carbons (Fsp3) is 0.294. The Morgan fingerprint density at radius 1 is 1.10 bits per heavy atom. The molecule has 0 aliphatic carbocycles. The third-order valence-electron chi connectivity index (χ3n) is 3.35. The van der Waals surface area contributed by atoms with Gasteiger partial charge in [-0.25, -0.2) is 0 Å². The van der Waals surface area contributed by atoms with Gasteiger partial charge in [0.2, 0.25) is 0 Å². The molecule has 0 aliphatic heterocycles. The van der Waals surface area contributed by atoms with E-state index in [1.165, 1.54) is 0 Å². The van der Waals surface area contributed by atoms with Gasteiger partial charge in [0.1, 0.15) is 5.75 Å². The highest BCUT2D eigenvalue weighted by Gasteiger charge is 2.05. The van der Waals surface area contributed by atoms with Crippen LogP contribution in [0.3, 0.4) is 0 Å². The molecule has 2 aromatic rings. The summed E-state index contributed by atoms with van der Waals surface area (Å²) in [4.78, 5) is 0. The molecule has 0 spiro atoms. The summed E-state index contributed by atoms with van der Waals surface area (Å²) in [6.45, 7) is 5.87. The zero-order chi connectivity index (χ0) is 14.5. The quantitative estimate of drug-likeness (QED) is 0.879. The van der Waals surface area contributed by atoms with Crippen molar-refractivity contribution in [2.45, 2.75) is 20.4 Å². The van der Waals surface area contributed by atoms with Crippen molar-refractivity contribution in [3.8, 4) is 16.9 Å². The van der Waals surface area contributed by atoms with E-state index in [0.717, 1.165) is 46.1 Å². The van der Waals surface area contributed by atoms with Crippen LogP contribution in [0.25, 0.3) is 11.1 Å². The van der Waals surface area contributed by atoms with Gasteiger partial charge in [-0.2, -0.15) is 0 Å². The van der Waals surface area contributed by atoms with Gasteiger partial charge in [0.05, 0.1) is 7.11 Å². The molecule has 0 aliphatic rings. The molecule has 3 heteroatoms. The van der Waals surface area contributed by atoms with Crippen molar-refractivity contribution in [2.75, 3.05) is 13.7 Å². The van der Waals surface area contributed by atoms with Crippen molar-refractivity contribution in [1.29, 1.82) is 0 Å². The van der Waals surface area contributed by atoms with E-state index in [1.54, 1.807) is 7.11 Å². The molecule has 0 atom stereocenters. The Labute approximate surface area is 125 Å². The number of rotatable bonds is 5.